The summed E-state index contributed by atoms with van der Waals surface area (Å²) in [6.07, 6.45) is 1.22. The van der Waals surface area contributed by atoms with Gasteiger partial charge in [0.2, 0.25) is 5.91 Å². The van der Waals surface area contributed by atoms with Crippen LogP contribution in [-0.4, -0.2) is 29.1 Å². The van der Waals surface area contributed by atoms with E-state index in [4.69, 9.17) is 0 Å². The van der Waals surface area contributed by atoms with Gasteiger partial charge < -0.3 is 10.1 Å². The molecule has 8 heteroatoms. The van der Waals surface area contributed by atoms with Gasteiger partial charge in [0.1, 0.15) is 0 Å². The first-order chi connectivity index (χ1) is 11.7. The second-order valence-electron chi connectivity index (χ2n) is 4.86. The molecule has 0 radical (unpaired) electrons. The van der Waals surface area contributed by atoms with E-state index < -0.39 is 6.09 Å². The number of rotatable bonds is 4. The van der Waals surface area contributed by atoms with Crippen LogP contribution in [0.15, 0.2) is 41.9 Å². The van der Waals surface area contributed by atoms with E-state index in [1.54, 1.807) is 11.6 Å². The van der Waals surface area contributed by atoms with Crippen LogP contribution in [0.3, 0.4) is 0 Å². The van der Waals surface area contributed by atoms with Gasteiger partial charge in [-0.05, 0) is 24.3 Å². The van der Waals surface area contributed by atoms with Gasteiger partial charge in [-0.1, -0.05) is 6.07 Å². The highest BCUT2D eigenvalue weighted by Gasteiger charge is 2.11. The Morgan fingerprint density at radius 2 is 2.08 bits per heavy atom. The number of hydrogen-bond donors (Lipinski definition) is 2. The molecule has 0 atom stereocenters. The summed E-state index contributed by atoms with van der Waals surface area (Å²) in [4.78, 5) is 31.8. The molecule has 7 nitrogen and oxygen atoms in total. The Bertz CT molecular complexity index is 888. The first-order valence-electron chi connectivity index (χ1n) is 7.08. The number of hydrogen-bond acceptors (Lipinski definition) is 6. The third kappa shape index (κ3) is 3.66. The zero-order chi connectivity index (χ0) is 16.9. The number of aromatic nitrogens is 2. The van der Waals surface area contributed by atoms with Crippen LogP contribution in [0.2, 0.25) is 0 Å². The lowest BCUT2D eigenvalue weighted by atomic mass is 10.2. The van der Waals surface area contributed by atoms with E-state index in [1.165, 1.54) is 18.4 Å². The van der Waals surface area contributed by atoms with Crippen molar-refractivity contribution < 1.29 is 14.3 Å². The van der Waals surface area contributed by atoms with Crippen LogP contribution < -0.4 is 10.6 Å². The molecule has 2 N–H and O–H groups in total. The van der Waals surface area contributed by atoms with Crippen LogP contribution in [0.4, 0.5) is 15.6 Å². The maximum atomic E-state index is 12.2. The SMILES string of the molecule is COC(=O)Nc1nc(CC(=O)Nc2cccc3ncccc23)cs1. The summed E-state index contributed by atoms with van der Waals surface area (Å²) in [6, 6.07) is 9.28. The Labute approximate surface area is 141 Å². The number of nitrogens with one attached hydrogen (secondary N) is 2. The van der Waals surface area contributed by atoms with Crippen LogP contribution >= 0.6 is 11.3 Å². The Balaban J connectivity index is 1.68. The molecule has 122 valence electrons. The fourth-order valence-corrected chi connectivity index (χ4v) is 2.85. The van der Waals surface area contributed by atoms with Crippen molar-refractivity contribution in [3.63, 3.8) is 0 Å². The van der Waals surface area contributed by atoms with Gasteiger partial charge in [-0.25, -0.2) is 9.78 Å². The molecule has 2 aromatic heterocycles. The Morgan fingerprint density at radius 1 is 1.21 bits per heavy atom. The van der Waals surface area contributed by atoms with Crippen molar-refractivity contribution >= 4 is 45.1 Å². The number of carbonyl (C=O) groups excluding carboxylic acids is 2. The lowest BCUT2D eigenvalue weighted by molar-refractivity contribution is -0.115. The lowest BCUT2D eigenvalue weighted by Gasteiger charge is -2.07. The zero-order valence-electron chi connectivity index (χ0n) is 12.8. The number of carbonyl (C=O) groups is 2. The number of methoxy groups -OCH3 is 1. The Hall–Kier alpha value is -3.00. The highest BCUT2D eigenvalue weighted by atomic mass is 32.1. The molecule has 2 amide bonds. The standard InChI is InChI=1S/C16H14N4O3S/c1-23-16(22)20-15-18-10(9-24-15)8-14(21)19-13-6-2-5-12-11(13)4-3-7-17-12/h2-7,9H,8H2,1H3,(H,19,21)(H,18,20,22). The van der Waals surface area contributed by atoms with E-state index in [0.717, 1.165) is 10.9 Å². The minimum Gasteiger partial charge on any atom is -0.453 e. The van der Waals surface area contributed by atoms with Crippen molar-refractivity contribution in [2.24, 2.45) is 0 Å². The van der Waals surface area contributed by atoms with Crippen molar-refractivity contribution in [1.29, 1.82) is 0 Å². The molecule has 0 bridgehead atoms. The van der Waals surface area contributed by atoms with Crippen LogP contribution in [0.25, 0.3) is 10.9 Å². The molecule has 0 aliphatic carbocycles. The van der Waals surface area contributed by atoms with Gasteiger partial charge in [0.15, 0.2) is 5.13 Å². The van der Waals surface area contributed by atoms with E-state index >= 15 is 0 Å². The molecule has 0 unspecified atom stereocenters. The third-order valence-electron chi connectivity index (χ3n) is 3.21. The zero-order valence-corrected chi connectivity index (χ0v) is 13.6. The minimum absolute atomic E-state index is 0.107. The lowest BCUT2D eigenvalue weighted by Crippen LogP contribution is -2.15. The largest absolute Gasteiger partial charge is 0.453 e. The summed E-state index contributed by atoms with van der Waals surface area (Å²) < 4.78 is 4.50. The Kier molecular flexibility index (Phi) is 4.66. The number of ether oxygens (including phenoxy) is 1. The summed E-state index contributed by atoms with van der Waals surface area (Å²) in [7, 11) is 1.27. The fraction of sp³-hybridized carbons (Fsp3) is 0.125. The molecule has 0 aliphatic rings. The summed E-state index contributed by atoms with van der Waals surface area (Å²) in [5.74, 6) is -0.193. The average Bonchev–Trinajstić information content (AvgIpc) is 3.01. The van der Waals surface area contributed by atoms with Gasteiger partial charge in [0, 0.05) is 17.0 Å². The quantitative estimate of drug-likeness (QED) is 0.760. The molecule has 3 aromatic rings. The van der Waals surface area contributed by atoms with Crippen LogP contribution in [0.5, 0.6) is 0 Å². The molecule has 1 aromatic carbocycles. The van der Waals surface area contributed by atoms with Crippen LogP contribution in [-0.2, 0) is 16.0 Å². The van der Waals surface area contributed by atoms with E-state index in [-0.39, 0.29) is 12.3 Å². The van der Waals surface area contributed by atoms with Gasteiger partial charge in [0.05, 0.1) is 30.4 Å². The number of nitrogens with zero attached hydrogens (tertiary/aromatic N) is 2. The summed E-state index contributed by atoms with van der Waals surface area (Å²) in [5.41, 5.74) is 2.09. The maximum Gasteiger partial charge on any atom is 0.413 e. The number of thiazole rings is 1. The molecule has 3 rings (SSSR count). The predicted octanol–water partition coefficient (Wildman–Crippen LogP) is 3.05. The predicted molar refractivity (Wildman–Crippen MR) is 92.2 cm³/mol. The maximum absolute atomic E-state index is 12.2. The van der Waals surface area contributed by atoms with E-state index in [0.29, 0.717) is 16.5 Å². The molecule has 24 heavy (non-hydrogen) atoms. The number of benzene rings is 1. The minimum atomic E-state index is -0.594. The molecule has 0 spiro atoms. The molecular weight excluding hydrogens is 328 g/mol. The summed E-state index contributed by atoms with van der Waals surface area (Å²) in [5, 5.41) is 8.31. The second kappa shape index (κ2) is 7.05. The first kappa shape index (κ1) is 15.9. The number of fused-ring (bicyclic) bond motifs is 1. The van der Waals surface area contributed by atoms with E-state index in [9.17, 15) is 9.59 Å². The molecule has 0 saturated heterocycles. The topological polar surface area (TPSA) is 93.2 Å². The highest BCUT2D eigenvalue weighted by Crippen LogP contribution is 2.22. The van der Waals surface area contributed by atoms with E-state index in [2.05, 4.69) is 25.3 Å². The van der Waals surface area contributed by atoms with Gasteiger partial charge in [-0.15, -0.1) is 11.3 Å². The van der Waals surface area contributed by atoms with Crippen molar-refractivity contribution in [3.8, 4) is 0 Å². The Morgan fingerprint density at radius 3 is 2.92 bits per heavy atom. The van der Waals surface area contributed by atoms with Crippen molar-refractivity contribution in [3.05, 3.63) is 47.6 Å². The van der Waals surface area contributed by atoms with Gasteiger partial charge in [-0.2, -0.15) is 0 Å². The monoisotopic (exact) mass is 342 g/mol. The first-order valence-corrected chi connectivity index (χ1v) is 7.96. The second-order valence-corrected chi connectivity index (χ2v) is 5.72. The molecule has 2 heterocycles. The number of anilines is 2. The van der Waals surface area contributed by atoms with E-state index in [1.807, 2.05) is 30.3 Å². The van der Waals surface area contributed by atoms with Gasteiger partial charge in [0.25, 0.3) is 0 Å². The van der Waals surface area contributed by atoms with Gasteiger partial charge in [-0.3, -0.25) is 15.1 Å². The normalized spacial score (nSPS) is 10.4. The van der Waals surface area contributed by atoms with Crippen molar-refractivity contribution in [1.82, 2.24) is 9.97 Å². The van der Waals surface area contributed by atoms with Crippen LogP contribution in [0.1, 0.15) is 5.69 Å². The highest BCUT2D eigenvalue weighted by molar-refractivity contribution is 7.13. The molecular formula is C16H14N4O3S. The van der Waals surface area contributed by atoms with Crippen molar-refractivity contribution in [2.45, 2.75) is 6.42 Å². The summed E-state index contributed by atoms with van der Waals surface area (Å²) in [6.45, 7) is 0. The number of amides is 2. The van der Waals surface area contributed by atoms with Gasteiger partial charge >= 0.3 is 6.09 Å². The third-order valence-corrected chi connectivity index (χ3v) is 4.01. The van der Waals surface area contributed by atoms with Crippen LogP contribution in [0, 0.1) is 0 Å². The smallest absolute Gasteiger partial charge is 0.413 e. The van der Waals surface area contributed by atoms with Crippen molar-refractivity contribution in [2.75, 3.05) is 17.7 Å². The average molecular weight is 342 g/mol. The molecule has 0 aliphatic heterocycles. The number of pyridine rings is 1. The molecule has 0 saturated carbocycles. The summed E-state index contributed by atoms with van der Waals surface area (Å²) >= 11 is 1.23. The fourth-order valence-electron chi connectivity index (χ4n) is 2.16. The molecule has 0 fully saturated rings.